The Morgan fingerprint density at radius 1 is 1.10 bits per heavy atom. The first-order valence-electron chi connectivity index (χ1n) is 10.1. The summed E-state index contributed by atoms with van der Waals surface area (Å²) in [5.41, 5.74) is 3.17. The minimum absolute atomic E-state index is 0.101. The Morgan fingerprint density at radius 2 is 1.90 bits per heavy atom. The Balaban J connectivity index is 1.69. The fraction of sp³-hybridized carbons (Fsp3) is 0.261. The lowest BCUT2D eigenvalue weighted by Crippen LogP contribution is -2.31. The number of aromatic nitrogens is 3. The summed E-state index contributed by atoms with van der Waals surface area (Å²) in [5, 5.41) is 17.7. The van der Waals surface area contributed by atoms with Crippen LogP contribution in [0.3, 0.4) is 0 Å². The van der Waals surface area contributed by atoms with Crippen LogP contribution in [-0.2, 0) is 4.79 Å². The Morgan fingerprint density at radius 3 is 2.65 bits per heavy atom. The number of anilines is 1. The molecule has 0 saturated heterocycles. The average molecular weight is 418 g/mol. The SMILES string of the molecule is COc1ccc(C2C3=C(CCCC3=O)Nc3nc(-c4ccc(O)cc4)nn32)c(OC)c1. The van der Waals surface area contributed by atoms with E-state index in [-0.39, 0.29) is 11.5 Å². The van der Waals surface area contributed by atoms with Crippen molar-refractivity contribution in [3.8, 4) is 28.6 Å². The number of fused-ring (bicyclic) bond motifs is 1. The van der Waals surface area contributed by atoms with E-state index in [9.17, 15) is 9.90 Å². The minimum Gasteiger partial charge on any atom is -0.508 e. The number of ketones is 1. The number of nitrogens with one attached hydrogen (secondary N) is 1. The van der Waals surface area contributed by atoms with E-state index >= 15 is 0 Å². The van der Waals surface area contributed by atoms with Crippen LogP contribution in [0.5, 0.6) is 17.2 Å². The van der Waals surface area contributed by atoms with Crippen molar-refractivity contribution in [3.05, 3.63) is 59.3 Å². The maximum atomic E-state index is 13.0. The molecule has 2 aliphatic rings. The first-order chi connectivity index (χ1) is 15.1. The summed E-state index contributed by atoms with van der Waals surface area (Å²) in [5.74, 6) is 2.64. The van der Waals surface area contributed by atoms with Gasteiger partial charge in [0, 0.05) is 34.9 Å². The number of nitrogens with zero attached hydrogens (tertiary/aromatic N) is 3. The van der Waals surface area contributed by atoms with Crippen LogP contribution in [0.1, 0.15) is 30.9 Å². The smallest absolute Gasteiger partial charge is 0.226 e. The molecule has 1 aromatic heterocycles. The zero-order chi connectivity index (χ0) is 21.5. The molecule has 8 nitrogen and oxygen atoms in total. The molecule has 8 heteroatoms. The van der Waals surface area contributed by atoms with E-state index in [1.165, 1.54) is 0 Å². The van der Waals surface area contributed by atoms with Gasteiger partial charge < -0.3 is 19.9 Å². The third kappa shape index (κ3) is 3.20. The van der Waals surface area contributed by atoms with Gasteiger partial charge in [0.1, 0.15) is 23.3 Å². The van der Waals surface area contributed by atoms with Crippen molar-refractivity contribution in [2.45, 2.75) is 25.3 Å². The molecule has 2 heterocycles. The lowest BCUT2D eigenvalue weighted by molar-refractivity contribution is -0.116. The Kier molecular flexibility index (Phi) is 4.62. The normalized spacial score (nSPS) is 17.6. The van der Waals surface area contributed by atoms with Crippen molar-refractivity contribution in [1.29, 1.82) is 0 Å². The summed E-state index contributed by atoms with van der Waals surface area (Å²) in [6.07, 6.45) is 2.08. The highest BCUT2D eigenvalue weighted by Crippen LogP contribution is 2.44. The highest BCUT2D eigenvalue weighted by atomic mass is 16.5. The second-order valence-corrected chi connectivity index (χ2v) is 7.55. The van der Waals surface area contributed by atoms with Gasteiger partial charge in [-0.2, -0.15) is 4.98 Å². The van der Waals surface area contributed by atoms with Crippen LogP contribution >= 0.6 is 0 Å². The molecule has 0 amide bonds. The molecular weight excluding hydrogens is 396 g/mol. The van der Waals surface area contributed by atoms with Crippen LogP contribution in [0.15, 0.2) is 53.7 Å². The summed E-state index contributed by atoms with van der Waals surface area (Å²) in [4.78, 5) is 17.7. The summed E-state index contributed by atoms with van der Waals surface area (Å²) >= 11 is 0. The number of ether oxygens (including phenoxy) is 2. The molecule has 1 aliphatic carbocycles. The molecule has 0 saturated carbocycles. The van der Waals surface area contributed by atoms with Crippen LogP contribution in [0.4, 0.5) is 5.95 Å². The molecule has 1 aliphatic heterocycles. The van der Waals surface area contributed by atoms with Crippen molar-refractivity contribution in [2.75, 3.05) is 19.5 Å². The Bertz CT molecular complexity index is 1200. The molecule has 0 bridgehead atoms. The van der Waals surface area contributed by atoms with Gasteiger partial charge >= 0.3 is 0 Å². The third-order valence-electron chi connectivity index (χ3n) is 5.73. The predicted molar refractivity (Wildman–Crippen MR) is 114 cm³/mol. The summed E-state index contributed by atoms with van der Waals surface area (Å²) < 4.78 is 12.7. The largest absolute Gasteiger partial charge is 0.508 e. The number of phenols is 1. The maximum Gasteiger partial charge on any atom is 0.226 e. The predicted octanol–water partition coefficient (Wildman–Crippen LogP) is 3.69. The van der Waals surface area contributed by atoms with Crippen molar-refractivity contribution < 1.29 is 19.4 Å². The number of rotatable bonds is 4. The standard InChI is InChI=1S/C23H22N4O4/c1-30-15-10-11-16(19(12-15)31-2)21-20-17(4-3-5-18(20)29)24-23-25-22(26-27(21)23)13-6-8-14(28)9-7-13/h6-12,21,28H,3-5H2,1-2H3,(H,24,25,26). The second-order valence-electron chi connectivity index (χ2n) is 7.55. The van der Waals surface area contributed by atoms with Gasteiger partial charge in [0.25, 0.3) is 0 Å². The number of phenolic OH excluding ortho intramolecular Hbond substituents is 1. The Labute approximate surface area is 179 Å². The number of aromatic hydroxyl groups is 1. The van der Waals surface area contributed by atoms with Gasteiger partial charge in [-0.15, -0.1) is 5.10 Å². The molecule has 2 aromatic carbocycles. The number of hydrogen-bond acceptors (Lipinski definition) is 7. The maximum absolute atomic E-state index is 13.0. The quantitative estimate of drug-likeness (QED) is 0.667. The molecule has 31 heavy (non-hydrogen) atoms. The Hall–Kier alpha value is -3.81. The van der Waals surface area contributed by atoms with Gasteiger partial charge in [-0.25, -0.2) is 4.68 Å². The second kappa shape index (κ2) is 7.46. The van der Waals surface area contributed by atoms with Crippen molar-refractivity contribution in [3.63, 3.8) is 0 Å². The van der Waals surface area contributed by atoms with Crippen LogP contribution < -0.4 is 14.8 Å². The van der Waals surface area contributed by atoms with Crippen molar-refractivity contribution in [1.82, 2.24) is 14.8 Å². The summed E-state index contributed by atoms with van der Waals surface area (Å²) in [6, 6.07) is 11.8. The van der Waals surface area contributed by atoms with E-state index in [2.05, 4.69) is 10.3 Å². The zero-order valence-corrected chi connectivity index (χ0v) is 17.3. The van der Waals surface area contributed by atoms with E-state index in [0.29, 0.717) is 35.3 Å². The number of allylic oxidation sites excluding steroid dienone is 2. The van der Waals surface area contributed by atoms with Gasteiger partial charge in [0.15, 0.2) is 11.6 Å². The summed E-state index contributed by atoms with van der Waals surface area (Å²) in [7, 11) is 3.20. The highest BCUT2D eigenvalue weighted by Gasteiger charge is 2.38. The van der Waals surface area contributed by atoms with E-state index in [1.807, 2.05) is 18.2 Å². The number of carbonyl (C=O) groups excluding carboxylic acids is 1. The fourth-order valence-corrected chi connectivity index (χ4v) is 4.22. The summed E-state index contributed by atoms with van der Waals surface area (Å²) in [6.45, 7) is 0. The van der Waals surface area contributed by atoms with Gasteiger partial charge in [-0.3, -0.25) is 4.79 Å². The first-order valence-corrected chi connectivity index (χ1v) is 10.1. The molecule has 2 N–H and O–H groups in total. The number of Topliss-reactive ketones (excluding diaryl/α,β-unsaturated/α-hetero) is 1. The number of benzene rings is 2. The first kappa shape index (κ1) is 19.2. The van der Waals surface area contributed by atoms with Crippen molar-refractivity contribution >= 4 is 11.7 Å². The van der Waals surface area contributed by atoms with Gasteiger partial charge in [-0.05, 0) is 49.2 Å². The lowest BCUT2D eigenvalue weighted by Gasteiger charge is -2.32. The van der Waals surface area contributed by atoms with Crippen molar-refractivity contribution in [2.24, 2.45) is 0 Å². The van der Waals surface area contributed by atoms with E-state index in [4.69, 9.17) is 14.6 Å². The molecule has 0 radical (unpaired) electrons. The van der Waals surface area contributed by atoms with Gasteiger partial charge in [0.05, 0.1) is 14.2 Å². The van der Waals surface area contributed by atoms with E-state index in [0.717, 1.165) is 29.7 Å². The molecule has 1 unspecified atom stereocenters. The third-order valence-corrected chi connectivity index (χ3v) is 5.73. The van der Waals surface area contributed by atoms with Crippen LogP contribution in [0.25, 0.3) is 11.4 Å². The molecule has 0 fully saturated rings. The van der Waals surface area contributed by atoms with Gasteiger partial charge in [-0.1, -0.05) is 0 Å². The van der Waals surface area contributed by atoms with Crippen LogP contribution in [0, 0.1) is 0 Å². The average Bonchev–Trinajstić information content (AvgIpc) is 3.21. The molecule has 3 aromatic rings. The zero-order valence-electron chi connectivity index (χ0n) is 17.3. The number of carbonyl (C=O) groups is 1. The van der Waals surface area contributed by atoms with Crippen LogP contribution in [-0.4, -0.2) is 39.9 Å². The molecule has 5 rings (SSSR count). The topological polar surface area (TPSA) is 98.5 Å². The van der Waals surface area contributed by atoms with Crippen LogP contribution in [0.2, 0.25) is 0 Å². The molecule has 0 spiro atoms. The number of hydrogen-bond donors (Lipinski definition) is 2. The monoisotopic (exact) mass is 418 g/mol. The van der Waals surface area contributed by atoms with E-state index < -0.39 is 6.04 Å². The highest BCUT2D eigenvalue weighted by molar-refractivity contribution is 5.99. The van der Waals surface area contributed by atoms with Gasteiger partial charge in [0.2, 0.25) is 5.95 Å². The lowest BCUT2D eigenvalue weighted by atomic mass is 9.85. The molecular formula is C23H22N4O4. The minimum atomic E-state index is -0.460. The van der Waals surface area contributed by atoms with E-state index in [1.54, 1.807) is 43.2 Å². The fourth-order valence-electron chi connectivity index (χ4n) is 4.22. The molecule has 158 valence electrons. The molecule has 1 atom stereocenters. The number of methoxy groups -OCH3 is 2.